The Balaban J connectivity index is 1.39. The first-order chi connectivity index (χ1) is 14.4. The van der Waals surface area contributed by atoms with Crippen molar-refractivity contribution >= 4 is 22.4 Å². The van der Waals surface area contributed by atoms with E-state index in [0.29, 0.717) is 17.7 Å². The number of nitrogens with zero attached hydrogens (tertiary/aromatic N) is 1. The van der Waals surface area contributed by atoms with E-state index >= 15 is 0 Å². The zero-order valence-electron chi connectivity index (χ0n) is 17.9. The van der Waals surface area contributed by atoms with Crippen LogP contribution in [-0.2, 0) is 4.79 Å². The van der Waals surface area contributed by atoms with Crippen molar-refractivity contribution < 1.29 is 9.90 Å². The smallest absolute Gasteiger partial charge is 0.258 e. The Hall–Kier alpha value is -2.14. The lowest BCUT2D eigenvalue weighted by Crippen LogP contribution is -2.46. The van der Waals surface area contributed by atoms with E-state index in [9.17, 15) is 14.7 Å². The molecule has 4 fully saturated rings. The minimum atomic E-state index is -0.279. The van der Waals surface area contributed by atoms with E-state index < -0.39 is 0 Å². The molecule has 1 aromatic carbocycles. The number of carbonyl (C=O) groups excluding carboxylic acids is 1. The number of aliphatic hydroxyl groups excluding tert-OH is 1. The predicted molar refractivity (Wildman–Crippen MR) is 119 cm³/mol. The number of pyridine rings is 1. The zero-order valence-corrected chi connectivity index (χ0v) is 17.9. The predicted octanol–water partition coefficient (Wildman–Crippen LogP) is 4.26. The van der Waals surface area contributed by atoms with Gasteiger partial charge in [0.15, 0.2) is 0 Å². The summed E-state index contributed by atoms with van der Waals surface area (Å²) >= 11 is 0. The first-order valence-electron chi connectivity index (χ1n) is 11.5. The van der Waals surface area contributed by atoms with Gasteiger partial charge in [0.1, 0.15) is 0 Å². The molecule has 1 atom stereocenters. The molecule has 1 unspecified atom stereocenters. The molecular weight excluding hydrogens is 376 g/mol. The number of nitrogens with one attached hydrogen (secondary N) is 1. The summed E-state index contributed by atoms with van der Waals surface area (Å²) in [6.07, 6.45) is 9.03. The Morgan fingerprint density at radius 1 is 1.10 bits per heavy atom. The van der Waals surface area contributed by atoms with E-state index in [0.717, 1.165) is 40.3 Å². The van der Waals surface area contributed by atoms with Crippen LogP contribution in [0.2, 0.25) is 0 Å². The molecule has 5 nitrogen and oxygen atoms in total. The molecule has 1 aromatic heterocycles. The normalized spacial score (nSPS) is 30.6. The van der Waals surface area contributed by atoms with E-state index in [1.807, 2.05) is 32.0 Å². The lowest BCUT2D eigenvalue weighted by Gasteiger charge is -2.54. The average molecular weight is 409 g/mol. The van der Waals surface area contributed by atoms with E-state index in [1.165, 1.54) is 32.1 Å². The Kier molecular flexibility index (Phi) is 4.97. The number of aliphatic hydroxyl groups is 1. The Bertz CT molecular complexity index is 1010. The van der Waals surface area contributed by atoms with Gasteiger partial charge in [0.2, 0.25) is 5.91 Å². The number of aromatic nitrogens is 1. The van der Waals surface area contributed by atoms with Crippen LogP contribution >= 0.6 is 0 Å². The second-order valence-electron chi connectivity index (χ2n) is 10.1. The van der Waals surface area contributed by atoms with Crippen molar-refractivity contribution in [3.63, 3.8) is 0 Å². The minimum Gasteiger partial charge on any atom is -0.394 e. The quantitative estimate of drug-likeness (QED) is 0.776. The number of fused-ring (bicyclic) bond motifs is 1. The molecule has 0 radical (unpaired) electrons. The number of aryl methyl sites for hydroxylation is 1. The number of hydrogen-bond acceptors (Lipinski definition) is 3. The minimum absolute atomic E-state index is 0.0796. The molecule has 0 spiro atoms. The largest absolute Gasteiger partial charge is 0.394 e. The van der Waals surface area contributed by atoms with Crippen LogP contribution in [0.5, 0.6) is 0 Å². The summed E-state index contributed by atoms with van der Waals surface area (Å²) < 4.78 is 1.55. The SMILES string of the molecule is Cc1ccc2c(=O)n(C(C)CO)ccc2c1NC(=O)CC1C2CC3CC(C2)CC1C3. The molecule has 2 aromatic rings. The van der Waals surface area contributed by atoms with Gasteiger partial charge < -0.3 is 15.0 Å². The molecule has 0 saturated heterocycles. The van der Waals surface area contributed by atoms with Gasteiger partial charge in [0.25, 0.3) is 5.56 Å². The monoisotopic (exact) mass is 408 g/mol. The maximum Gasteiger partial charge on any atom is 0.258 e. The molecule has 4 saturated carbocycles. The van der Waals surface area contributed by atoms with Gasteiger partial charge >= 0.3 is 0 Å². The van der Waals surface area contributed by atoms with E-state index in [2.05, 4.69) is 5.32 Å². The third kappa shape index (κ3) is 3.27. The molecular formula is C25H32N2O3. The van der Waals surface area contributed by atoms with Gasteiger partial charge in [-0.15, -0.1) is 0 Å². The lowest BCUT2D eigenvalue weighted by molar-refractivity contribution is -0.121. The standard InChI is InChI=1S/C25H32N2O3/c1-14-3-4-21-20(5-6-27(25(21)30)15(2)13-28)24(14)26-23(29)12-22-18-8-16-7-17(10-18)11-19(22)9-16/h3-6,15-19,22,28H,7-13H2,1-2H3,(H,26,29). The van der Waals surface area contributed by atoms with Crippen molar-refractivity contribution in [2.24, 2.45) is 29.6 Å². The van der Waals surface area contributed by atoms with Gasteiger partial charge in [-0.05, 0) is 93.2 Å². The Labute approximate surface area is 177 Å². The molecule has 30 heavy (non-hydrogen) atoms. The third-order valence-corrected chi connectivity index (χ3v) is 8.17. The molecule has 4 aliphatic rings. The van der Waals surface area contributed by atoms with Crippen LogP contribution < -0.4 is 10.9 Å². The fraction of sp³-hybridized carbons (Fsp3) is 0.600. The molecule has 5 heteroatoms. The fourth-order valence-corrected chi connectivity index (χ4v) is 6.83. The van der Waals surface area contributed by atoms with Gasteiger partial charge in [0.05, 0.1) is 18.3 Å². The van der Waals surface area contributed by atoms with Crippen LogP contribution in [0.3, 0.4) is 0 Å². The average Bonchev–Trinajstić information content (AvgIpc) is 2.72. The summed E-state index contributed by atoms with van der Waals surface area (Å²) in [4.78, 5) is 26.0. The van der Waals surface area contributed by atoms with Crippen LogP contribution in [0.4, 0.5) is 5.69 Å². The van der Waals surface area contributed by atoms with Gasteiger partial charge in [-0.2, -0.15) is 0 Å². The highest BCUT2D eigenvalue weighted by molar-refractivity contribution is 6.03. The number of rotatable bonds is 5. The molecule has 1 heterocycles. The van der Waals surface area contributed by atoms with E-state index in [1.54, 1.807) is 10.8 Å². The molecule has 6 rings (SSSR count). The van der Waals surface area contributed by atoms with Crippen LogP contribution in [0.15, 0.2) is 29.2 Å². The van der Waals surface area contributed by atoms with E-state index in [-0.39, 0.29) is 24.1 Å². The van der Waals surface area contributed by atoms with E-state index in [4.69, 9.17) is 0 Å². The molecule has 4 bridgehead atoms. The van der Waals surface area contributed by atoms with Gasteiger partial charge in [-0.3, -0.25) is 9.59 Å². The van der Waals surface area contributed by atoms with Gasteiger partial charge in [0, 0.05) is 23.4 Å². The first kappa shape index (κ1) is 19.8. The summed E-state index contributed by atoms with van der Waals surface area (Å²) in [5.41, 5.74) is 1.58. The summed E-state index contributed by atoms with van der Waals surface area (Å²) in [7, 11) is 0. The molecule has 4 aliphatic carbocycles. The Morgan fingerprint density at radius 3 is 2.40 bits per heavy atom. The maximum atomic E-state index is 13.1. The number of amides is 1. The number of benzene rings is 1. The van der Waals surface area contributed by atoms with Gasteiger partial charge in [-0.25, -0.2) is 0 Å². The third-order valence-electron chi connectivity index (χ3n) is 8.17. The topological polar surface area (TPSA) is 71.3 Å². The van der Waals surface area contributed by atoms with Crippen LogP contribution in [0.25, 0.3) is 10.8 Å². The van der Waals surface area contributed by atoms with Crippen LogP contribution in [-0.4, -0.2) is 22.2 Å². The summed E-state index contributed by atoms with van der Waals surface area (Å²) in [5, 5.41) is 13.9. The highest BCUT2D eigenvalue weighted by Gasteiger charge is 2.48. The van der Waals surface area contributed by atoms with Crippen molar-refractivity contribution in [3.8, 4) is 0 Å². The second-order valence-corrected chi connectivity index (χ2v) is 10.1. The van der Waals surface area contributed by atoms with Crippen molar-refractivity contribution in [2.75, 3.05) is 11.9 Å². The molecule has 1 amide bonds. The summed E-state index contributed by atoms with van der Waals surface area (Å²) in [6.45, 7) is 3.70. The Morgan fingerprint density at radius 2 is 1.77 bits per heavy atom. The lowest BCUT2D eigenvalue weighted by atomic mass is 9.51. The van der Waals surface area contributed by atoms with Crippen molar-refractivity contribution in [3.05, 3.63) is 40.3 Å². The molecule has 0 aliphatic heterocycles. The molecule has 160 valence electrons. The van der Waals surface area contributed by atoms with Crippen molar-refractivity contribution in [2.45, 2.75) is 58.4 Å². The van der Waals surface area contributed by atoms with Crippen LogP contribution in [0.1, 0.15) is 57.1 Å². The van der Waals surface area contributed by atoms with Crippen molar-refractivity contribution in [1.82, 2.24) is 4.57 Å². The first-order valence-corrected chi connectivity index (χ1v) is 11.5. The summed E-state index contributed by atoms with van der Waals surface area (Å²) in [5.74, 6) is 3.89. The molecule has 2 N–H and O–H groups in total. The highest BCUT2D eigenvalue weighted by Crippen LogP contribution is 2.57. The van der Waals surface area contributed by atoms with Crippen LogP contribution in [0, 0.1) is 36.5 Å². The summed E-state index contributed by atoms with van der Waals surface area (Å²) in [6, 6.07) is 5.32. The second kappa shape index (κ2) is 7.52. The number of anilines is 1. The zero-order chi connectivity index (χ0) is 21.0. The van der Waals surface area contributed by atoms with Gasteiger partial charge in [-0.1, -0.05) is 6.07 Å². The number of carbonyl (C=O) groups is 1. The fourth-order valence-electron chi connectivity index (χ4n) is 6.83. The van der Waals surface area contributed by atoms with Crippen molar-refractivity contribution in [1.29, 1.82) is 0 Å². The number of hydrogen-bond donors (Lipinski definition) is 2. The highest BCUT2D eigenvalue weighted by atomic mass is 16.3. The maximum absolute atomic E-state index is 13.1.